The standard InChI is InChI=1S/C20H23N3O2/c1-14-7-3-4-9-17(14)20(25)23-12-6-11-19(23)18-10-5-8-16(22-18)13-21-15(2)24/h3-5,7-10,19H,6,11-13H2,1-2H3,(H,21,24)/t19-/m0/s1. The summed E-state index contributed by atoms with van der Waals surface area (Å²) < 4.78 is 0. The second-order valence-electron chi connectivity index (χ2n) is 6.44. The van der Waals surface area contributed by atoms with Gasteiger partial charge >= 0.3 is 0 Å². The van der Waals surface area contributed by atoms with E-state index in [0.29, 0.717) is 6.54 Å². The third kappa shape index (κ3) is 3.87. The molecule has 3 rings (SSSR count). The molecule has 1 aromatic heterocycles. The summed E-state index contributed by atoms with van der Waals surface area (Å²) in [5, 5.41) is 2.76. The molecule has 0 aliphatic carbocycles. The third-order valence-corrected chi connectivity index (χ3v) is 4.58. The maximum absolute atomic E-state index is 13.0. The molecule has 130 valence electrons. The normalized spacial score (nSPS) is 16.7. The van der Waals surface area contributed by atoms with Crippen molar-refractivity contribution in [2.45, 2.75) is 39.3 Å². The van der Waals surface area contributed by atoms with Crippen molar-refractivity contribution in [2.75, 3.05) is 6.54 Å². The Kier molecular flexibility index (Phi) is 5.12. The van der Waals surface area contributed by atoms with Gasteiger partial charge < -0.3 is 10.2 Å². The minimum absolute atomic E-state index is 0.00983. The molecule has 0 spiro atoms. The molecule has 1 aromatic carbocycles. The molecule has 0 radical (unpaired) electrons. The van der Waals surface area contributed by atoms with Gasteiger partial charge in [0.15, 0.2) is 0 Å². The van der Waals surface area contributed by atoms with Crippen molar-refractivity contribution < 1.29 is 9.59 Å². The molecular weight excluding hydrogens is 314 g/mol. The van der Waals surface area contributed by atoms with Gasteiger partial charge in [-0.25, -0.2) is 0 Å². The summed E-state index contributed by atoms with van der Waals surface area (Å²) in [7, 11) is 0. The highest BCUT2D eigenvalue weighted by Crippen LogP contribution is 2.32. The van der Waals surface area contributed by atoms with E-state index >= 15 is 0 Å². The predicted molar refractivity (Wildman–Crippen MR) is 95.9 cm³/mol. The SMILES string of the molecule is CC(=O)NCc1cccc([C@@H]2CCCN2C(=O)c2ccccc2C)n1. The minimum Gasteiger partial charge on any atom is -0.351 e. The molecule has 5 nitrogen and oxygen atoms in total. The van der Waals surface area contributed by atoms with Gasteiger partial charge in [-0.15, -0.1) is 0 Å². The smallest absolute Gasteiger partial charge is 0.254 e. The van der Waals surface area contributed by atoms with Crippen LogP contribution in [0.1, 0.15) is 53.1 Å². The second kappa shape index (κ2) is 7.47. The van der Waals surface area contributed by atoms with Gasteiger partial charge in [0.25, 0.3) is 5.91 Å². The Morgan fingerprint density at radius 1 is 1.20 bits per heavy atom. The number of aromatic nitrogens is 1. The highest BCUT2D eigenvalue weighted by Gasteiger charge is 2.32. The summed E-state index contributed by atoms with van der Waals surface area (Å²) in [5.41, 5.74) is 3.44. The average Bonchev–Trinajstić information content (AvgIpc) is 3.10. The number of rotatable bonds is 4. The molecule has 0 bridgehead atoms. The molecule has 2 amide bonds. The molecule has 1 aliphatic rings. The van der Waals surface area contributed by atoms with Crippen LogP contribution in [-0.2, 0) is 11.3 Å². The highest BCUT2D eigenvalue weighted by molar-refractivity contribution is 5.96. The van der Waals surface area contributed by atoms with E-state index in [9.17, 15) is 9.59 Å². The number of pyridine rings is 1. The minimum atomic E-state index is -0.0792. The molecule has 5 heteroatoms. The van der Waals surface area contributed by atoms with Crippen molar-refractivity contribution in [1.29, 1.82) is 0 Å². The topological polar surface area (TPSA) is 62.3 Å². The first-order valence-corrected chi connectivity index (χ1v) is 8.63. The summed E-state index contributed by atoms with van der Waals surface area (Å²) in [5.74, 6) is -0.0147. The summed E-state index contributed by atoms with van der Waals surface area (Å²) in [6, 6.07) is 13.5. The maximum atomic E-state index is 13.0. The van der Waals surface area contributed by atoms with Gasteiger partial charge in [-0.3, -0.25) is 14.6 Å². The Bertz CT molecular complexity index is 788. The average molecular weight is 337 g/mol. The first kappa shape index (κ1) is 17.1. The van der Waals surface area contributed by atoms with E-state index in [1.165, 1.54) is 6.92 Å². The van der Waals surface area contributed by atoms with Gasteiger partial charge in [-0.1, -0.05) is 24.3 Å². The van der Waals surface area contributed by atoms with Gasteiger partial charge in [-0.05, 0) is 43.5 Å². The number of hydrogen-bond donors (Lipinski definition) is 1. The van der Waals surface area contributed by atoms with Crippen LogP contribution in [-0.4, -0.2) is 28.2 Å². The Morgan fingerprint density at radius 2 is 2.00 bits per heavy atom. The number of aryl methyl sites for hydroxylation is 1. The molecule has 1 fully saturated rings. The van der Waals surface area contributed by atoms with Crippen LogP contribution in [0.25, 0.3) is 0 Å². The number of carbonyl (C=O) groups excluding carboxylic acids is 2. The van der Waals surface area contributed by atoms with Crippen LogP contribution in [0.3, 0.4) is 0 Å². The fourth-order valence-corrected chi connectivity index (χ4v) is 3.28. The van der Waals surface area contributed by atoms with Crippen LogP contribution < -0.4 is 5.32 Å². The number of nitrogens with one attached hydrogen (secondary N) is 1. The maximum Gasteiger partial charge on any atom is 0.254 e. The van der Waals surface area contributed by atoms with E-state index < -0.39 is 0 Å². The number of likely N-dealkylation sites (tertiary alicyclic amines) is 1. The Hall–Kier alpha value is -2.69. The third-order valence-electron chi connectivity index (χ3n) is 4.58. The van der Waals surface area contributed by atoms with Crippen molar-refractivity contribution >= 4 is 11.8 Å². The van der Waals surface area contributed by atoms with Crippen LogP contribution in [0.5, 0.6) is 0 Å². The van der Waals surface area contributed by atoms with Crippen molar-refractivity contribution in [3.63, 3.8) is 0 Å². The van der Waals surface area contributed by atoms with Crippen LogP contribution in [0.15, 0.2) is 42.5 Å². The number of benzene rings is 1. The van der Waals surface area contributed by atoms with E-state index in [0.717, 1.165) is 41.9 Å². The predicted octanol–water partition coefficient (Wildman–Crippen LogP) is 3.00. The van der Waals surface area contributed by atoms with Crippen LogP contribution in [0.2, 0.25) is 0 Å². The van der Waals surface area contributed by atoms with E-state index in [-0.39, 0.29) is 17.9 Å². The zero-order valence-corrected chi connectivity index (χ0v) is 14.7. The lowest BCUT2D eigenvalue weighted by Crippen LogP contribution is -2.31. The lowest BCUT2D eigenvalue weighted by atomic mass is 10.1. The first-order valence-electron chi connectivity index (χ1n) is 8.63. The van der Waals surface area contributed by atoms with Crippen LogP contribution in [0.4, 0.5) is 0 Å². The Balaban J connectivity index is 1.82. The summed E-state index contributed by atoms with van der Waals surface area (Å²) in [4.78, 5) is 30.7. The van der Waals surface area contributed by atoms with Crippen LogP contribution in [0, 0.1) is 6.92 Å². The van der Waals surface area contributed by atoms with E-state index in [1.54, 1.807) is 0 Å². The van der Waals surface area contributed by atoms with Gasteiger partial charge in [-0.2, -0.15) is 0 Å². The number of amides is 2. The van der Waals surface area contributed by atoms with Crippen molar-refractivity contribution in [2.24, 2.45) is 0 Å². The van der Waals surface area contributed by atoms with E-state index in [4.69, 9.17) is 0 Å². The number of nitrogens with zero attached hydrogens (tertiary/aromatic N) is 2. The summed E-state index contributed by atoms with van der Waals surface area (Å²) in [6.07, 6.45) is 1.88. The number of hydrogen-bond acceptors (Lipinski definition) is 3. The molecular formula is C20H23N3O2. The Labute approximate surface area is 148 Å². The quantitative estimate of drug-likeness (QED) is 0.933. The summed E-state index contributed by atoms with van der Waals surface area (Å²) >= 11 is 0. The molecule has 1 aliphatic heterocycles. The zero-order chi connectivity index (χ0) is 17.8. The fraction of sp³-hybridized carbons (Fsp3) is 0.350. The first-order chi connectivity index (χ1) is 12.1. The summed E-state index contributed by atoms with van der Waals surface area (Å²) in [6.45, 7) is 4.60. The molecule has 25 heavy (non-hydrogen) atoms. The van der Waals surface area contributed by atoms with Gasteiger partial charge in [0.1, 0.15) is 0 Å². The Morgan fingerprint density at radius 3 is 2.76 bits per heavy atom. The lowest BCUT2D eigenvalue weighted by molar-refractivity contribution is -0.119. The fourth-order valence-electron chi connectivity index (χ4n) is 3.28. The van der Waals surface area contributed by atoms with Crippen molar-refractivity contribution in [1.82, 2.24) is 15.2 Å². The van der Waals surface area contributed by atoms with Crippen LogP contribution >= 0.6 is 0 Å². The van der Waals surface area contributed by atoms with Gasteiger partial charge in [0, 0.05) is 19.0 Å². The molecule has 2 aromatic rings. The molecule has 1 atom stereocenters. The van der Waals surface area contributed by atoms with Crippen molar-refractivity contribution in [3.8, 4) is 0 Å². The molecule has 0 saturated carbocycles. The number of carbonyl (C=O) groups is 2. The van der Waals surface area contributed by atoms with E-state index in [2.05, 4.69) is 10.3 Å². The van der Waals surface area contributed by atoms with Gasteiger partial charge in [0.05, 0.1) is 24.0 Å². The second-order valence-corrected chi connectivity index (χ2v) is 6.44. The highest BCUT2D eigenvalue weighted by atomic mass is 16.2. The largest absolute Gasteiger partial charge is 0.351 e. The monoisotopic (exact) mass is 337 g/mol. The lowest BCUT2D eigenvalue weighted by Gasteiger charge is -2.25. The zero-order valence-electron chi connectivity index (χ0n) is 14.7. The molecule has 1 saturated heterocycles. The molecule has 1 N–H and O–H groups in total. The van der Waals surface area contributed by atoms with Gasteiger partial charge in [0.2, 0.25) is 5.91 Å². The molecule has 2 heterocycles. The van der Waals surface area contributed by atoms with Crippen molar-refractivity contribution in [3.05, 3.63) is 65.0 Å². The molecule has 0 unspecified atom stereocenters. The van der Waals surface area contributed by atoms with E-state index in [1.807, 2.05) is 54.3 Å².